The van der Waals surface area contributed by atoms with E-state index >= 15 is 0 Å². The molecule has 1 N–H and O–H groups in total. The Balaban J connectivity index is 4.43. The Morgan fingerprint density at radius 3 is 2.71 bits per heavy atom. The van der Waals surface area contributed by atoms with Crippen LogP contribution in [0.15, 0.2) is 39.8 Å². The van der Waals surface area contributed by atoms with Crippen LogP contribution in [0.4, 0.5) is 0 Å². The Morgan fingerprint density at radius 1 is 1.57 bits per heavy atom. The van der Waals surface area contributed by atoms with E-state index in [1.807, 2.05) is 26.2 Å². The Labute approximate surface area is 93.4 Å². The van der Waals surface area contributed by atoms with Gasteiger partial charge in [-0.1, -0.05) is 0 Å². The van der Waals surface area contributed by atoms with E-state index in [0.29, 0.717) is 5.88 Å². The lowest BCUT2D eigenvalue weighted by atomic mass is 10.3. The summed E-state index contributed by atoms with van der Waals surface area (Å²) in [7, 11) is 3.38. The first kappa shape index (κ1) is 13.0. The van der Waals surface area contributed by atoms with Crippen LogP contribution in [0, 0.1) is 0 Å². The summed E-state index contributed by atoms with van der Waals surface area (Å²) in [6, 6.07) is 0. The number of nitrogens with one attached hydrogen (secondary N) is 1. The van der Waals surface area contributed by atoms with Crippen LogP contribution >= 0.6 is 15.9 Å². The van der Waals surface area contributed by atoms with Gasteiger partial charge in [-0.15, -0.1) is 0 Å². The fraction of sp³-hybridized carbons (Fsp3) is 0.300. The van der Waals surface area contributed by atoms with E-state index in [0.717, 1.165) is 10.1 Å². The largest absolute Gasteiger partial charge is 0.481 e. The normalized spacial score (nSPS) is 13.1. The van der Waals surface area contributed by atoms with E-state index in [4.69, 9.17) is 4.74 Å². The summed E-state index contributed by atoms with van der Waals surface area (Å²) in [5.41, 5.74) is 1.06. The first-order valence-electron chi connectivity index (χ1n) is 4.09. The summed E-state index contributed by atoms with van der Waals surface area (Å²) < 4.78 is 5.69. The molecule has 0 atom stereocenters. The molecule has 4 heteroatoms. The van der Waals surface area contributed by atoms with E-state index in [-0.39, 0.29) is 0 Å². The topological polar surface area (TPSA) is 33.6 Å². The second kappa shape index (κ2) is 7.38. The van der Waals surface area contributed by atoms with Gasteiger partial charge >= 0.3 is 0 Å². The van der Waals surface area contributed by atoms with Crippen LogP contribution in [-0.4, -0.2) is 20.4 Å². The van der Waals surface area contributed by atoms with E-state index < -0.39 is 0 Å². The van der Waals surface area contributed by atoms with E-state index in [1.165, 1.54) is 7.11 Å². The minimum atomic E-state index is 0.382. The molecule has 0 spiro atoms. The molecule has 0 radical (unpaired) electrons. The number of methoxy groups -OCH3 is 1. The van der Waals surface area contributed by atoms with Crippen LogP contribution < -0.4 is 5.32 Å². The van der Waals surface area contributed by atoms with Crippen molar-refractivity contribution in [1.29, 1.82) is 0 Å². The van der Waals surface area contributed by atoms with Crippen molar-refractivity contribution < 1.29 is 4.74 Å². The van der Waals surface area contributed by atoms with Gasteiger partial charge in [0.05, 0.1) is 7.11 Å². The Kier molecular flexibility index (Phi) is 6.84. The van der Waals surface area contributed by atoms with Gasteiger partial charge in [-0.25, -0.2) is 4.99 Å². The summed E-state index contributed by atoms with van der Waals surface area (Å²) in [6.45, 7) is 5.54. The molecule has 78 valence electrons. The van der Waals surface area contributed by atoms with Gasteiger partial charge in [0.25, 0.3) is 0 Å². The molecule has 14 heavy (non-hydrogen) atoms. The molecule has 0 unspecified atom stereocenters. The zero-order valence-electron chi connectivity index (χ0n) is 8.67. The van der Waals surface area contributed by atoms with Crippen LogP contribution in [-0.2, 0) is 4.74 Å². The highest BCUT2D eigenvalue weighted by atomic mass is 79.9. The number of allylic oxidation sites excluding steroid dienone is 3. The number of nitrogens with zero attached hydrogens (tertiary/aromatic N) is 1. The lowest BCUT2D eigenvalue weighted by Gasteiger charge is -1.97. The highest BCUT2D eigenvalue weighted by molar-refractivity contribution is 9.12. The third-order valence-corrected chi connectivity index (χ3v) is 2.26. The number of halogens is 1. The molecule has 0 aliphatic rings. The van der Waals surface area contributed by atoms with Gasteiger partial charge in [-0.05, 0) is 47.3 Å². The third-order valence-electron chi connectivity index (χ3n) is 1.43. The molecule has 0 heterocycles. The van der Waals surface area contributed by atoms with Crippen LogP contribution in [0.25, 0.3) is 0 Å². The van der Waals surface area contributed by atoms with Crippen molar-refractivity contribution in [2.45, 2.75) is 6.92 Å². The molecule has 0 rings (SSSR count). The van der Waals surface area contributed by atoms with Crippen molar-refractivity contribution in [2.24, 2.45) is 4.99 Å². The smallest absolute Gasteiger partial charge is 0.205 e. The van der Waals surface area contributed by atoms with Crippen LogP contribution in [0.5, 0.6) is 0 Å². The summed E-state index contributed by atoms with van der Waals surface area (Å²) >= 11 is 3.39. The van der Waals surface area contributed by atoms with Crippen molar-refractivity contribution >= 4 is 22.1 Å². The van der Waals surface area contributed by atoms with Crippen molar-refractivity contribution in [2.75, 3.05) is 14.2 Å². The quantitative estimate of drug-likeness (QED) is 0.467. The van der Waals surface area contributed by atoms with Gasteiger partial charge in [0, 0.05) is 17.7 Å². The molecule has 0 fully saturated rings. The lowest BCUT2D eigenvalue weighted by Crippen LogP contribution is -1.91. The van der Waals surface area contributed by atoms with Gasteiger partial charge < -0.3 is 10.1 Å². The Hall–Kier alpha value is -1.03. The first-order chi connectivity index (χ1) is 6.61. The highest BCUT2D eigenvalue weighted by Gasteiger charge is 1.92. The van der Waals surface area contributed by atoms with Crippen molar-refractivity contribution in [3.63, 3.8) is 0 Å². The summed E-state index contributed by atoms with van der Waals surface area (Å²) in [6.07, 6.45) is 5.43. The van der Waals surface area contributed by atoms with Gasteiger partial charge in [-0.2, -0.15) is 0 Å². The second-order valence-corrected chi connectivity index (χ2v) is 3.36. The predicted octanol–water partition coefficient (Wildman–Crippen LogP) is 2.58. The zero-order chi connectivity index (χ0) is 11.0. The molecule has 0 saturated carbocycles. The first-order valence-corrected chi connectivity index (χ1v) is 4.88. The van der Waals surface area contributed by atoms with Crippen LogP contribution in [0.3, 0.4) is 0 Å². The summed E-state index contributed by atoms with van der Waals surface area (Å²) in [4.78, 5) is 3.97. The average molecular weight is 259 g/mol. The molecular formula is C10H15BrN2O. The second-order valence-electron chi connectivity index (χ2n) is 2.51. The summed E-state index contributed by atoms with van der Waals surface area (Å²) in [5, 5.41) is 2.91. The Morgan fingerprint density at radius 2 is 2.21 bits per heavy atom. The van der Waals surface area contributed by atoms with Gasteiger partial charge in [0.1, 0.15) is 0 Å². The van der Waals surface area contributed by atoms with E-state index in [1.54, 1.807) is 6.21 Å². The molecule has 0 saturated heterocycles. The van der Waals surface area contributed by atoms with Gasteiger partial charge in [0.2, 0.25) is 5.88 Å². The minimum Gasteiger partial charge on any atom is -0.481 e. The molecule has 0 aliphatic heterocycles. The van der Waals surface area contributed by atoms with Gasteiger partial charge in [-0.3, -0.25) is 0 Å². The van der Waals surface area contributed by atoms with Crippen molar-refractivity contribution in [3.8, 4) is 0 Å². The molecule has 0 aromatic rings. The minimum absolute atomic E-state index is 0.382. The number of aliphatic imine (C=N–C) groups is 1. The maximum Gasteiger partial charge on any atom is 0.205 e. The third kappa shape index (κ3) is 5.59. The molecular weight excluding hydrogens is 244 g/mol. The van der Waals surface area contributed by atoms with Crippen molar-refractivity contribution in [1.82, 2.24) is 5.32 Å². The van der Waals surface area contributed by atoms with E-state index in [9.17, 15) is 0 Å². The molecule has 0 bridgehead atoms. The molecule has 0 aliphatic carbocycles. The predicted molar refractivity (Wildman–Crippen MR) is 64.5 cm³/mol. The fourth-order valence-electron chi connectivity index (χ4n) is 0.571. The Bertz CT molecular complexity index is 280. The van der Waals surface area contributed by atoms with Crippen molar-refractivity contribution in [3.05, 3.63) is 34.8 Å². The maximum atomic E-state index is 4.80. The molecule has 3 nitrogen and oxygen atoms in total. The van der Waals surface area contributed by atoms with Crippen LogP contribution in [0.2, 0.25) is 0 Å². The van der Waals surface area contributed by atoms with Gasteiger partial charge in [0.15, 0.2) is 0 Å². The lowest BCUT2D eigenvalue weighted by molar-refractivity contribution is 0.291. The average Bonchev–Trinajstić information content (AvgIpc) is 2.21. The fourth-order valence-corrected chi connectivity index (χ4v) is 0.806. The highest BCUT2D eigenvalue weighted by Crippen LogP contribution is 2.10. The number of ether oxygens (including phenoxy) is 1. The molecule has 0 aromatic carbocycles. The maximum absolute atomic E-state index is 4.80. The standard InChI is InChI=1S/C10H15BrN2O/c1-8(5-6-12-3)10(11)7-13-9(2)14-4/h5-7,12H,2H2,1,3-4H3/b6-5-,10-8-,13-7-. The number of hydrogen-bond acceptors (Lipinski definition) is 3. The monoisotopic (exact) mass is 258 g/mol. The number of rotatable bonds is 5. The molecule has 0 amide bonds. The molecule has 0 aromatic heterocycles. The van der Waals surface area contributed by atoms with E-state index in [2.05, 4.69) is 32.8 Å². The SMILES string of the molecule is C=C(\N=C/C(Br)=C(C)/C=C\NC)OC. The summed E-state index contributed by atoms with van der Waals surface area (Å²) in [5.74, 6) is 0.382. The van der Waals surface area contributed by atoms with Crippen LogP contribution in [0.1, 0.15) is 6.92 Å². The number of hydrogen-bond donors (Lipinski definition) is 1. The zero-order valence-corrected chi connectivity index (χ0v) is 10.3.